The molecule has 2 aliphatic rings. The van der Waals surface area contributed by atoms with Crippen LogP contribution in [0.2, 0.25) is 5.02 Å². The molecule has 1 N–H and O–H groups in total. The summed E-state index contributed by atoms with van der Waals surface area (Å²) in [5, 5.41) is 3.91. The fourth-order valence-corrected chi connectivity index (χ4v) is 5.15. The van der Waals surface area contributed by atoms with E-state index in [-0.39, 0.29) is 17.8 Å². The summed E-state index contributed by atoms with van der Waals surface area (Å²) in [7, 11) is 3.19. The van der Waals surface area contributed by atoms with E-state index in [1.165, 1.54) is 0 Å². The van der Waals surface area contributed by atoms with Crippen LogP contribution < -0.4 is 14.8 Å². The topological polar surface area (TPSA) is 73.9 Å². The maximum absolute atomic E-state index is 13.7. The standard InChI is InChI=1S/C28H30ClNO5/c1-15(2)35-28(32)25-16(3)30-21-12-19(17-9-10-23(33-4)24(14-17)34-5)13-22(31)27(21)26(25)18-7-6-8-20(29)11-18/h6-11,14-15,19,26,30H,12-13H2,1-5H3. The zero-order valence-electron chi connectivity index (χ0n) is 20.6. The van der Waals surface area contributed by atoms with Crippen molar-refractivity contribution >= 4 is 23.4 Å². The molecule has 2 aromatic carbocycles. The number of ketones is 1. The van der Waals surface area contributed by atoms with E-state index < -0.39 is 11.9 Å². The minimum absolute atomic E-state index is 0.00847. The highest BCUT2D eigenvalue weighted by molar-refractivity contribution is 6.30. The van der Waals surface area contributed by atoms with Crippen LogP contribution in [-0.4, -0.2) is 32.1 Å². The molecule has 0 spiro atoms. The van der Waals surface area contributed by atoms with Crippen molar-refractivity contribution in [2.24, 2.45) is 0 Å². The summed E-state index contributed by atoms with van der Waals surface area (Å²) in [5.41, 5.74) is 4.34. The van der Waals surface area contributed by atoms with Gasteiger partial charge in [-0.3, -0.25) is 4.79 Å². The van der Waals surface area contributed by atoms with E-state index in [4.69, 9.17) is 25.8 Å². The van der Waals surface area contributed by atoms with Crippen LogP contribution in [0.3, 0.4) is 0 Å². The Kier molecular flexibility index (Phi) is 7.22. The summed E-state index contributed by atoms with van der Waals surface area (Å²) in [6, 6.07) is 13.1. The van der Waals surface area contributed by atoms with Crippen molar-refractivity contribution in [3.63, 3.8) is 0 Å². The number of allylic oxidation sites excluding steroid dienone is 3. The minimum Gasteiger partial charge on any atom is -0.493 e. The van der Waals surface area contributed by atoms with Gasteiger partial charge in [0.2, 0.25) is 0 Å². The van der Waals surface area contributed by atoms with Crippen LogP contribution in [0.25, 0.3) is 0 Å². The highest BCUT2D eigenvalue weighted by Crippen LogP contribution is 2.46. The number of carbonyl (C=O) groups excluding carboxylic acids is 2. The van der Waals surface area contributed by atoms with E-state index in [2.05, 4.69) is 5.32 Å². The molecule has 0 saturated carbocycles. The van der Waals surface area contributed by atoms with Gasteiger partial charge in [-0.1, -0.05) is 29.8 Å². The van der Waals surface area contributed by atoms with E-state index in [1.807, 2.05) is 57.2 Å². The Hall–Kier alpha value is -3.25. The summed E-state index contributed by atoms with van der Waals surface area (Å²) in [6.45, 7) is 5.47. The molecule has 7 heteroatoms. The number of dihydropyridines is 1. The van der Waals surface area contributed by atoms with E-state index in [0.29, 0.717) is 46.2 Å². The number of nitrogens with one attached hydrogen (secondary N) is 1. The molecule has 0 bridgehead atoms. The second-order valence-corrected chi connectivity index (χ2v) is 9.58. The average molecular weight is 496 g/mol. The number of Topliss-reactive ketones (excluding diaryl/α,β-unsaturated/α-hetero) is 1. The molecule has 184 valence electrons. The Labute approximate surface area is 210 Å². The smallest absolute Gasteiger partial charge is 0.337 e. The van der Waals surface area contributed by atoms with Gasteiger partial charge in [-0.15, -0.1) is 0 Å². The minimum atomic E-state index is -0.546. The van der Waals surface area contributed by atoms with Gasteiger partial charge in [0, 0.05) is 34.3 Å². The SMILES string of the molecule is COc1ccc(C2CC(=O)C3=C(C2)NC(C)=C(C(=O)OC(C)C)C3c2cccc(Cl)c2)cc1OC. The first-order chi connectivity index (χ1) is 16.7. The van der Waals surface area contributed by atoms with Crippen molar-refractivity contribution in [3.05, 3.63) is 81.2 Å². The normalized spacial score (nSPS) is 19.9. The van der Waals surface area contributed by atoms with Crippen LogP contribution in [-0.2, 0) is 14.3 Å². The highest BCUT2D eigenvalue weighted by atomic mass is 35.5. The second-order valence-electron chi connectivity index (χ2n) is 9.14. The lowest BCUT2D eigenvalue weighted by Gasteiger charge is -2.37. The quantitative estimate of drug-likeness (QED) is 0.520. The summed E-state index contributed by atoms with van der Waals surface area (Å²) in [4.78, 5) is 26.9. The monoisotopic (exact) mass is 495 g/mol. The van der Waals surface area contributed by atoms with Crippen LogP contribution >= 0.6 is 11.6 Å². The third-order valence-corrected chi connectivity index (χ3v) is 6.69. The van der Waals surface area contributed by atoms with Crippen LogP contribution in [0.4, 0.5) is 0 Å². The van der Waals surface area contributed by atoms with Crippen molar-refractivity contribution in [1.29, 1.82) is 0 Å². The maximum atomic E-state index is 13.7. The Bertz CT molecular complexity index is 1230. The predicted octanol–water partition coefficient (Wildman–Crippen LogP) is 5.67. The Morgan fingerprint density at radius 3 is 2.43 bits per heavy atom. The molecule has 1 heterocycles. The molecule has 2 aromatic rings. The van der Waals surface area contributed by atoms with Gasteiger partial charge in [-0.2, -0.15) is 0 Å². The number of carbonyl (C=O) groups is 2. The molecule has 2 unspecified atom stereocenters. The van der Waals surface area contributed by atoms with Crippen molar-refractivity contribution in [3.8, 4) is 11.5 Å². The van der Waals surface area contributed by atoms with Crippen LogP contribution in [0, 0.1) is 0 Å². The van der Waals surface area contributed by atoms with Crippen LogP contribution in [0.5, 0.6) is 11.5 Å². The van der Waals surface area contributed by atoms with Crippen molar-refractivity contribution in [1.82, 2.24) is 5.32 Å². The lowest BCUT2D eigenvalue weighted by atomic mass is 9.71. The number of rotatable bonds is 6. The molecule has 0 amide bonds. The fraction of sp³-hybridized carbons (Fsp3) is 0.357. The van der Waals surface area contributed by atoms with Crippen molar-refractivity contribution < 1.29 is 23.8 Å². The van der Waals surface area contributed by atoms with Crippen molar-refractivity contribution in [2.45, 2.75) is 51.6 Å². The van der Waals surface area contributed by atoms with Gasteiger partial charge >= 0.3 is 5.97 Å². The number of halogens is 1. The predicted molar refractivity (Wildman–Crippen MR) is 135 cm³/mol. The average Bonchev–Trinajstić information content (AvgIpc) is 2.82. The lowest BCUT2D eigenvalue weighted by Crippen LogP contribution is -2.36. The number of hydrogen-bond donors (Lipinski definition) is 1. The first kappa shape index (κ1) is 24.9. The van der Waals surface area contributed by atoms with Crippen LogP contribution in [0.15, 0.2) is 65.0 Å². The van der Waals surface area contributed by atoms with Gasteiger partial charge in [-0.25, -0.2) is 4.79 Å². The first-order valence-corrected chi connectivity index (χ1v) is 12.0. The lowest BCUT2D eigenvalue weighted by molar-refractivity contribution is -0.143. The number of ether oxygens (including phenoxy) is 3. The highest BCUT2D eigenvalue weighted by Gasteiger charge is 2.41. The largest absolute Gasteiger partial charge is 0.493 e. The molecule has 6 nitrogen and oxygen atoms in total. The molecule has 35 heavy (non-hydrogen) atoms. The van der Waals surface area contributed by atoms with E-state index in [0.717, 1.165) is 16.8 Å². The van der Waals surface area contributed by atoms with Gasteiger partial charge in [0.15, 0.2) is 17.3 Å². The molecular weight excluding hydrogens is 466 g/mol. The number of hydrogen-bond acceptors (Lipinski definition) is 6. The number of methoxy groups -OCH3 is 2. The third kappa shape index (κ3) is 4.94. The van der Waals surface area contributed by atoms with E-state index >= 15 is 0 Å². The molecule has 2 atom stereocenters. The number of esters is 1. The zero-order chi connectivity index (χ0) is 25.3. The molecule has 1 aliphatic carbocycles. The molecule has 4 rings (SSSR count). The Morgan fingerprint density at radius 1 is 1.03 bits per heavy atom. The summed E-state index contributed by atoms with van der Waals surface area (Å²) in [5.74, 6) is 0.241. The fourth-order valence-electron chi connectivity index (χ4n) is 4.95. The molecule has 0 fully saturated rings. The second kappa shape index (κ2) is 10.2. The van der Waals surface area contributed by atoms with Gasteiger partial charge in [0.25, 0.3) is 0 Å². The van der Waals surface area contributed by atoms with Crippen LogP contribution in [0.1, 0.15) is 56.6 Å². The maximum Gasteiger partial charge on any atom is 0.337 e. The molecule has 0 radical (unpaired) electrons. The molecular formula is C28H30ClNO5. The van der Waals surface area contributed by atoms with Crippen molar-refractivity contribution in [2.75, 3.05) is 14.2 Å². The Morgan fingerprint density at radius 2 is 1.77 bits per heavy atom. The zero-order valence-corrected chi connectivity index (χ0v) is 21.4. The van der Waals surface area contributed by atoms with Gasteiger partial charge in [0.05, 0.1) is 25.9 Å². The molecule has 1 aliphatic heterocycles. The Balaban J connectivity index is 1.77. The summed E-state index contributed by atoms with van der Waals surface area (Å²) < 4.78 is 16.4. The first-order valence-electron chi connectivity index (χ1n) is 11.7. The number of benzene rings is 2. The summed E-state index contributed by atoms with van der Waals surface area (Å²) >= 11 is 6.31. The molecule has 0 saturated heterocycles. The molecule has 0 aromatic heterocycles. The van der Waals surface area contributed by atoms with E-state index in [1.54, 1.807) is 20.3 Å². The van der Waals surface area contributed by atoms with Gasteiger partial charge < -0.3 is 19.5 Å². The van der Waals surface area contributed by atoms with Gasteiger partial charge in [0.1, 0.15) is 0 Å². The third-order valence-electron chi connectivity index (χ3n) is 6.45. The van der Waals surface area contributed by atoms with Gasteiger partial charge in [-0.05, 0) is 68.5 Å². The van der Waals surface area contributed by atoms with E-state index in [9.17, 15) is 9.59 Å². The summed E-state index contributed by atoms with van der Waals surface area (Å²) in [6.07, 6.45) is 0.658.